The number of unbranched alkanes of at least 4 members (excludes halogenated alkanes) is 28. The maximum Gasteiger partial charge on any atom is 0.338 e. The molecule has 10 heteroatoms. The molecule has 0 radical (unpaired) electrons. The first-order valence-electron chi connectivity index (χ1n) is 29.4. The predicted octanol–water partition coefficient (Wildman–Crippen LogP) is 18.5. The molecule has 4 aromatic carbocycles. The van der Waals surface area contributed by atoms with Crippen LogP contribution in [0.15, 0.2) is 94.9 Å². The number of benzene rings is 4. The van der Waals surface area contributed by atoms with E-state index in [1.54, 1.807) is 85.2 Å². The number of phenols is 2. The van der Waals surface area contributed by atoms with Gasteiger partial charge in [-0.15, -0.1) is 0 Å². The highest BCUT2D eigenvalue weighted by atomic mass is 16.5. The van der Waals surface area contributed by atoms with Crippen LogP contribution >= 0.6 is 0 Å². The Kier molecular flexibility index (Phi) is 33.5. The second-order valence-corrected chi connectivity index (χ2v) is 20.3. The Morgan fingerprint density at radius 2 is 0.653 bits per heavy atom. The Bertz CT molecular complexity index is 2020. The molecule has 10 nitrogen and oxygen atoms in total. The van der Waals surface area contributed by atoms with Gasteiger partial charge < -0.3 is 29.2 Å². The standard InChI is InChI=1S/C65H94N2O8/c1-3-5-7-9-11-13-15-17-19-21-23-25-27-30-46-72-60-44-38-56(62(68)50-60)52-66-58-40-34-54(35-41-58)64(70)74-48-32-29-33-49-75-65(71)55-36-42-59(43-37-55)67-53-57-39-45-61(51-63(57)69)73-47-31-28-26-24-22-20-18-16-14-12-10-8-6-4-2/h34-45,50-53,68-69H,3-33,46-49H2,1-2H3. The summed E-state index contributed by atoms with van der Waals surface area (Å²) in [7, 11) is 0. The fourth-order valence-electron chi connectivity index (χ4n) is 8.95. The summed E-state index contributed by atoms with van der Waals surface area (Å²) in [6.45, 7) is 6.31. The van der Waals surface area contributed by atoms with E-state index in [1.165, 1.54) is 154 Å². The topological polar surface area (TPSA) is 136 Å². The highest BCUT2D eigenvalue weighted by Gasteiger charge is 2.10. The van der Waals surface area contributed by atoms with Crippen LogP contribution in [-0.2, 0) is 9.47 Å². The first kappa shape index (κ1) is 61.9. The van der Waals surface area contributed by atoms with Crippen LogP contribution in [0.2, 0.25) is 0 Å². The van der Waals surface area contributed by atoms with Gasteiger partial charge in [0.1, 0.15) is 23.0 Å². The highest BCUT2D eigenvalue weighted by Crippen LogP contribution is 2.26. The molecule has 0 aliphatic heterocycles. The molecule has 0 aromatic heterocycles. The normalized spacial score (nSPS) is 11.4. The van der Waals surface area contributed by atoms with Gasteiger partial charge >= 0.3 is 11.9 Å². The summed E-state index contributed by atoms with van der Waals surface area (Å²) in [5, 5.41) is 21.2. The van der Waals surface area contributed by atoms with Crippen molar-refractivity contribution in [2.45, 2.75) is 213 Å². The molecule has 75 heavy (non-hydrogen) atoms. The molecule has 0 saturated carbocycles. The van der Waals surface area contributed by atoms with Gasteiger partial charge in [0.2, 0.25) is 0 Å². The van der Waals surface area contributed by atoms with Gasteiger partial charge in [-0.25, -0.2) is 9.59 Å². The van der Waals surface area contributed by atoms with E-state index in [4.69, 9.17) is 18.9 Å². The molecule has 0 atom stereocenters. The van der Waals surface area contributed by atoms with Gasteiger partial charge in [0.05, 0.1) is 48.9 Å². The predicted molar refractivity (Wildman–Crippen MR) is 310 cm³/mol. The number of hydrogen-bond acceptors (Lipinski definition) is 10. The summed E-state index contributed by atoms with van der Waals surface area (Å²) < 4.78 is 22.7. The molecule has 0 aliphatic rings. The average molecular weight is 1030 g/mol. The van der Waals surface area contributed by atoms with Crippen molar-refractivity contribution < 1.29 is 38.7 Å². The highest BCUT2D eigenvalue weighted by molar-refractivity contribution is 5.91. The Labute approximate surface area is 452 Å². The lowest BCUT2D eigenvalue weighted by Gasteiger charge is -2.08. The van der Waals surface area contributed by atoms with E-state index in [2.05, 4.69) is 23.8 Å². The smallest absolute Gasteiger partial charge is 0.338 e. The number of carbonyl (C=O) groups is 2. The van der Waals surface area contributed by atoms with Gasteiger partial charge in [0.25, 0.3) is 0 Å². The van der Waals surface area contributed by atoms with Gasteiger partial charge in [-0.3, -0.25) is 9.98 Å². The molecule has 0 saturated heterocycles. The quantitative estimate of drug-likeness (QED) is 0.0254. The molecule has 0 fully saturated rings. The van der Waals surface area contributed by atoms with Crippen molar-refractivity contribution in [1.29, 1.82) is 0 Å². The lowest BCUT2D eigenvalue weighted by atomic mass is 10.0. The third-order valence-corrected chi connectivity index (χ3v) is 13.7. The third kappa shape index (κ3) is 28.7. The monoisotopic (exact) mass is 1030 g/mol. The van der Waals surface area contributed by atoms with Crippen molar-refractivity contribution in [3.8, 4) is 23.0 Å². The fraction of sp³-hybridized carbons (Fsp3) is 0.569. The molecule has 4 aromatic rings. The molecule has 0 bridgehead atoms. The molecule has 412 valence electrons. The minimum atomic E-state index is -0.419. The zero-order valence-electron chi connectivity index (χ0n) is 46.2. The molecule has 0 heterocycles. The molecule has 0 spiro atoms. The molecule has 0 unspecified atom stereocenters. The zero-order valence-corrected chi connectivity index (χ0v) is 46.2. The van der Waals surface area contributed by atoms with E-state index in [0.29, 0.717) is 71.2 Å². The van der Waals surface area contributed by atoms with Gasteiger partial charge in [0, 0.05) is 35.7 Å². The van der Waals surface area contributed by atoms with Crippen LogP contribution in [0.4, 0.5) is 11.4 Å². The van der Waals surface area contributed by atoms with E-state index in [0.717, 1.165) is 32.1 Å². The first-order chi connectivity index (χ1) is 36.9. The van der Waals surface area contributed by atoms with E-state index in [-0.39, 0.29) is 24.7 Å². The van der Waals surface area contributed by atoms with E-state index in [9.17, 15) is 19.8 Å². The number of ether oxygens (including phenoxy) is 4. The minimum absolute atomic E-state index is 0.0971. The van der Waals surface area contributed by atoms with Crippen molar-refractivity contribution in [3.05, 3.63) is 107 Å². The second-order valence-electron chi connectivity index (χ2n) is 20.3. The number of hydrogen-bond donors (Lipinski definition) is 2. The number of rotatable bonds is 44. The lowest BCUT2D eigenvalue weighted by molar-refractivity contribution is 0.0478. The van der Waals surface area contributed by atoms with E-state index < -0.39 is 11.9 Å². The van der Waals surface area contributed by atoms with Crippen molar-refractivity contribution in [2.75, 3.05) is 26.4 Å². The molecule has 0 amide bonds. The summed E-state index contributed by atoms with van der Waals surface area (Å²) in [6, 6.07) is 24.1. The summed E-state index contributed by atoms with van der Waals surface area (Å²) in [6.07, 6.45) is 42.1. The Hall–Kier alpha value is -5.64. The van der Waals surface area contributed by atoms with Gasteiger partial charge in [0.15, 0.2) is 0 Å². The summed E-state index contributed by atoms with van der Waals surface area (Å²) in [4.78, 5) is 34.2. The number of aromatic hydroxyl groups is 2. The van der Waals surface area contributed by atoms with Crippen molar-refractivity contribution in [3.63, 3.8) is 0 Å². The van der Waals surface area contributed by atoms with Gasteiger partial charge in [-0.2, -0.15) is 0 Å². The zero-order chi connectivity index (χ0) is 53.2. The fourth-order valence-corrected chi connectivity index (χ4v) is 8.95. The van der Waals surface area contributed by atoms with Crippen LogP contribution in [0.1, 0.15) is 245 Å². The van der Waals surface area contributed by atoms with E-state index in [1.807, 2.05) is 12.1 Å². The number of aliphatic imine (C=N–C) groups is 2. The molecule has 2 N–H and O–H groups in total. The Morgan fingerprint density at radius 1 is 0.373 bits per heavy atom. The average Bonchev–Trinajstić information content (AvgIpc) is 3.42. The summed E-state index contributed by atoms with van der Waals surface area (Å²) in [5.74, 6) is 0.640. The molecule has 4 rings (SSSR count). The molecule has 0 aliphatic carbocycles. The third-order valence-electron chi connectivity index (χ3n) is 13.7. The van der Waals surface area contributed by atoms with Crippen molar-refractivity contribution >= 4 is 35.7 Å². The number of carbonyl (C=O) groups excluding carboxylic acids is 2. The minimum Gasteiger partial charge on any atom is -0.507 e. The molecular weight excluding hydrogens is 937 g/mol. The maximum absolute atomic E-state index is 12.6. The lowest BCUT2D eigenvalue weighted by Crippen LogP contribution is -2.08. The summed E-state index contributed by atoms with van der Waals surface area (Å²) in [5.41, 5.74) is 3.26. The summed E-state index contributed by atoms with van der Waals surface area (Å²) >= 11 is 0. The Morgan fingerprint density at radius 3 is 0.960 bits per heavy atom. The van der Waals surface area contributed by atoms with Crippen LogP contribution in [0.3, 0.4) is 0 Å². The molecular formula is C65H94N2O8. The van der Waals surface area contributed by atoms with Crippen molar-refractivity contribution in [1.82, 2.24) is 0 Å². The first-order valence-corrected chi connectivity index (χ1v) is 29.4. The number of esters is 2. The van der Waals surface area contributed by atoms with Crippen LogP contribution in [0, 0.1) is 0 Å². The van der Waals surface area contributed by atoms with Crippen LogP contribution in [0.5, 0.6) is 23.0 Å². The van der Waals surface area contributed by atoms with Crippen LogP contribution in [0.25, 0.3) is 0 Å². The number of phenolic OH excluding ortho intramolecular Hbond substituents is 2. The van der Waals surface area contributed by atoms with Crippen LogP contribution in [-0.4, -0.2) is 61.0 Å². The second kappa shape index (κ2) is 40.6. The maximum atomic E-state index is 12.6. The van der Waals surface area contributed by atoms with E-state index >= 15 is 0 Å². The van der Waals surface area contributed by atoms with Gasteiger partial charge in [-0.1, -0.05) is 181 Å². The Balaban J connectivity index is 0.991. The van der Waals surface area contributed by atoms with Crippen LogP contribution < -0.4 is 9.47 Å². The largest absolute Gasteiger partial charge is 0.507 e. The van der Waals surface area contributed by atoms with Gasteiger partial charge in [-0.05, 0) is 105 Å². The SMILES string of the molecule is CCCCCCCCCCCCCCCCOc1ccc(C=Nc2ccc(C(=O)OCCCCCOC(=O)c3ccc(N=Cc4ccc(OCCCCCCCCCCCCCCCC)cc4O)cc3)cc2)c(O)c1. The van der Waals surface area contributed by atoms with Crippen molar-refractivity contribution in [2.24, 2.45) is 9.98 Å². The number of nitrogens with zero attached hydrogens (tertiary/aromatic N) is 2.